The molecular weight excluding hydrogens is 168 g/mol. The molecule has 4 heteroatoms. The van der Waals surface area contributed by atoms with Gasteiger partial charge in [0.1, 0.15) is 0 Å². The predicted molar refractivity (Wildman–Crippen MR) is 46.6 cm³/mol. The lowest BCUT2D eigenvalue weighted by Crippen LogP contribution is -1.53. The second-order valence-electron chi connectivity index (χ2n) is 1.30. The molecule has 0 atom stereocenters. The van der Waals surface area contributed by atoms with Gasteiger partial charge in [-0.15, -0.1) is 0 Å². The molecule has 0 saturated heterocycles. The minimum absolute atomic E-state index is 2.00. The molecule has 0 saturated carbocycles. The topological polar surface area (TPSA) is 18.5 Å². The zero-order valence-corrected chi connectivity index (χ0v) is 6.96. The van der Waals surface area contributed by atoms with Crippen molar-refractivity contribution in [2.75, 3.05) is 0 Å². The van der Waals surface area contributed by atoms with E-state index < -0.39 is 0 Å². The Morgan fingerprint density at radius 1 is 0.600 bits per heavy atom. The van der Waals surface area contributed by atoms with Crippen molar-refractivity contribution in [2.24, 2.45) is 0 Å². The molecular formula is C6H8O2S2. The zero-order valence-electron chi connectivity index (χ0n) is 5.18. The Bertz CT molecular complexity index is 106. The fourth-order valence-electron chi connectivity index (χ4n) is 0.385. The van der Waals surface area contributed by atoms with Crippen LogP contribution in [0.3, 0.4) is 0 Å². The van der Waals surface area contributed by atoms with Gasteiger partial charge in [-0.3, -0.25) is 0 Å². The van der Waals surface area contributed by atoms with Crippen molar-refractivity contribution in [1.29, 1.82) is 0 Å². The largest absolute Gasteiger partial charge is 0.155 e. The van der Waals surface area contributed by atoms with Crippen LogP contribution < -0.4 is 0 Å². The van der Waals surface area contributed by atoms with Crippen molar-refractivity contribution in [3.05, 3.63) is 36.4 Å². The van der Waals surface area contributed by atoms with Gasteiger partial charge in [0.05, 0.1) is 0 Å². The third-order valence-electron chi connectivity index (χ3n) is 0.700. The van der Waals surface area contributed by atoms with Crippen molar-refractivity contribution in [3.63, 3.8) is 0 Å². The number of thiol groups is 2. The van der Waals surface area contributed by atoms with Gasteiger partial charge in [0.25, 0.3) is 0 Å². The van der Waals surface area contributed by atoms with Gasteiger partial charge < -0.3 is 0 Å². The number of benzene rings is 1. The molecule has 2 nitrogen and oxygen atoms in total. The first-order chi connectivity index (χ1) is 4.91. The number of hydrogen-bond donors (Lipinski definition) is 2. The highest BCUT2D eigenvalue weighted by Crippen LogP contribution is 1.80. The van der Waals surface area contributed by atoms with Crippen LogP contribution >= 0.6 is 25.8 Å². The Hall–Kier alpha value is -0.160. The van der Waals surface area contributed by atoms with E-state index in [9.17, 15) is 0 Å². The minimum atomic E-state index is 2.00. The van der Waals surface area contributed by atoms with Crippen molar-refractivity contribution < 1.29 is 8.67 Å². The predicted octanol–water partition coefficient (Wildman–Crippen LogP) is 2.31. The maximum atomic E-state index is 3.60. The SMILES string of the molecule is SOOS.c1ccccc1. The molecule has 0 aliphatic rings. The van der Waals surface area contributed by atoms with E-state index in [1.807, 2.05) is 36.4 Å². The van der Waals surface area contributed by atoms with Crippen LogP contribution in [-0.2, 0) is 8.67 Å². The van der Waals surface area contributed by atoms with E-state index in [1.165, 1.54) is 0 Å². The molecule has 0 aromatic heterocycles. The second-order valence-corrected chi connectivity index (χ2v) is 1.60. The molecule has 0 bridgehead atoms. The summed E-state index contributed by atoms with van der Waals surface area (Å²) >= 11 is 6.24. The lowest BCUT2D eigenvalue weighted by Gasteiger charge is -1.73. The molecule has 0 unspecified atom stereocenters. The smallest absolute Gasteiger partial charge is 0.0161 e. The average Bonchev–Trinajstić information content (AvgIpc) is 2.08. The summed E-state index contributed by atoms with van der Waals surface area (Å²) in [6.07, 6.45) is 0. The van der Waals surface area contributed by atoms with E-state index >= 15 is 0 Å². The molecule has 0 aliphatic carbocycles. The van der Waals surface area contributed by atoms with E-state index in [-0.39, 0.29) is 0 Å². The van der Waals surface area contributed by atoms with Crippen LogP contribution in [-0.4, -0.2) is 0 Å². The summed E-state index contributed by atoms with van der Waals surface area (Å²) in [4.78, 5) is 0. The molecule has 0 amide bonds. The first-order valence-electron chi connectivity index (χ1n) is 2.53. The van der Waals surface area contributed by atoms with E-state index in [0.29, 0.717) is 0 Å². The molecule has 0 radical (unpaired) electrons. The van der Waals surface area contributed by atoms with Crippen molar-refractivity contribution in [2.45, 2.75) is 0 Å². The molecule has 1 rings (SSSR count). The normalized spacial score (nSPS) is 7.80. The molecule has 1 aromatic rings. The van der Waals surface area contributed by atoms with Gasteiger partial charge in [-0.05, 0) is 0 Å². The fraction of sp³-hybridized carbons (Fsp3) is 0. The highest BCUT2D eigenvalue weighted by molar-refractivity contribution is 7.77. The fourth-order valence-corrected chi connectivity index (χ4v) is 0.385. The van der Waals surface area contributed by atoms with Crippen LogP contribution in [0.4, 0.5) is 0 Å². The number of hydrogen-bond acceptors (Lipinski definition) is 4. The van der Waals surface area contributed by atoms with E-state index in [0.717, 1.165) is 0 Å². The highest BCUT2D eigenvalue weighted by atomic mass is 32.1. The summed E-state index contributed by atoms with van der Waals surface area (Å²) in [6.45, 7) is 0. The third kappa shape index (κ3) is 7.84. The van der Waals surface area contributed by atoms with Crippen LogP contribution in [0.15, 0.2) is 36.4 Å². The van der Waals surface area contributed by atoms with Crippen LogP contribution in [0.25, 0.3) is 0 Å². The van der Waals surface area contributed by atoms with Crippen molar-refractivity contribution in [3.8, 4) is 0 Å². The maximum absolute atomic E-state index is 3.60. The first-order valence-corrected chi connectivity index (χ1v) is 3.26. The van der Waals surface area contributed by atoms with Gasteiger partial charge in [0.15, 0.2) is 0 Å². The lowest BCUT2D eigenvalue weighted by molar-refractivity contribution is -0.0457. The minimum Gasteiger partial charge on any atom is -0.155 e. The zero-order chi connectivity index (χ0) is 7.66. The molecule has 10 heavy (non-hydrogen) atoms. The second kappa shape index (κ2) is 8.84. The first kappa shape index (κ1) is 9.84. The van der Waals surface area contributed by atoms with E-state index in [2.05, 4.69) is 34.5 Å². The third-order valence-corrected chi connectivity index (χ3v) is 0.967. The Morgan fingerprint density at radius 3 is 0.900 bits per heavy atom. The molecule has 56 valence electrons. The summed E-state index contributed by atoms with van der Waals surface area (Å²) in [5.41, 5.74) is 0. The Labute approximate surface area is 71.3 Å². The Kier molecular flexibility index (Phi) is 8.70. The average molecular weight is 176 g/mol. The van der Waals surface area contributed by atoms with E-state index in [1.54, 1.807) is 0 Å². The van der Waals surface area contributed by atoms with Crippen LogP contribution in [0.2, 0.25) is 0 Å². The van der Waals surface area contributed by atoms with Gasteiger partial charge >= 0.3 is 0 Å². The monoisotopic (exact) mass is 176 g/mol. The molecule has 1 aromatic carbocycles. The summed E-state index contributed by atoms with van der Waals surface area (Å²) in [7, 11) is 0. The quantitative estimate of drug-likeness (QED) is 0.296. The van der Waals surface area contributed by atoms with Crippen molar-refractivity contribution >= 4 is 25.8 Å². The van der Waals surface area contributed by atoms with Crippen molar-refractivity contribution in [1.82, 2.24) is 0 Å². The molecule has 0 heterocycles. The summed E-state index contributed by atoms with van der Waals surface area (Å²) in [5.74, 6) is 0. The lowest BCUT2D eigenvalue weighted by atomic mass is 10.4. The molecule has 0 aliphatic heterocycles. The molecule has 0 fully saturated rings. The summed E-state index contributed by atoms with van der Waals surface area (Å²) in [6, 6.07) is 12.0. The van der Waals surface area contributed by atoms with Gasteiger partial charge in [-0.2, -0.15) is 8.67 Å². The van der Waals surface area contributed by atoms with Crippen LogP contribution in [0.5, 0.6) is 0 Å². The Balaban J connectivity index is 0.000000180. The summed E-state index contributed by atoms with van der Waals surface area (Å²) in [5, 5.41) is 0. The number of rotatable bonds is 1. The standard InChI is InChI=1S/C6H6.H2O2S2/c1-2-4-6-5-3-1;3-1-2-4/h1-6H;3-4H. The summed E-state index contributed by atoms with van der Waals surface area (Å²) < 4.78 is 7.20. The van der Waals surface area contributed by atoms with Crippen LogP contribution in [0.1, 0.15) is 0 Å². The van der Waals surface area contributed by atoms with Gasteiger partial charge in [0, 0.05) is 25.8 Å². The van der Waals surface area contributed by atoms with Gasteiger partial charge in [0.2, 0.25) is 0 Å². The molecule has 0 N–H and O–H groups in total. The molecule has 0 spiro atoms. The maximum Gasteiger partial charge on any atom is 0.0161 e. The van der Waals surface area contributed by atoms with E-state index in [4.69, 9.17) is 0 Å². The Morgan fingerprint density at radius 2 is 0.800 bits per heavy atom. The van der Waals surface area contributed by atoms with Gasteiger partial charge in [-0.1, -0.05) is 36.4 Å². The van der Waals surface area contributed by atoms with Crippen LogP contribution in [0, 0.1) is 0 Å². The van der Waals surface area contributed by atoms with Gasteiger partial charge in [-0.25, -0.2) is 0 Å². The highest BCUT2D eigenvalue weighted by Gasteiger charge is 1.57.